The van der Waals surface area contributed by atoms with Crippen LogP contribution in [0.3, 0.4) is 0 Å². The number of rotatable bonds is 4. The van der Waals surface area contributed by atoms with Crippen molar-refractivity contribution in [2.24, 2.45) is 0 Å². The molecule has 2 atom stereocenters. The lowest BCUT2D eigenvalue weighted by atomic mass is 9.91. The summed E-state index contributed by atoms with van der Waals surface area (Å²) >= 11 is 0. The lowest BCUT2D eigenvalue weighted by molar-refractivity contribution is 0.0451. The van der Waals surface area contributed by atoms with E-state index in [2.05, 4.69) is 11.8 Å². The molecule has 3 aliphatic rings. The summed E-state index contributed by atoms with van der Waals surface area (Å²) < 4.78 is 5.77. The summed E-state index contributed by atoms with van der Waals surface area (Å²) in [6.45, 7) is 3.02. The second kappa shape index (κ2) is 4.47. The monoisotopic (exact) mass is 273 g/mol. The molecule has 20 heavy (non-hydrogen) atoms. The Kier molecular flexibility index (Phi) is 2.83. The van der Waals surface area contributed by atoms with Crippen LogP contribution >= 0.6 is 0 Å². The van der Waals surface area contributed by atoms with E-state index in [9.17, 15) is 5.11 Å². The predicted molar refractivity (Wildman–Crippen MR) is 77.8 cm³/mol. The zero-order valence-corrected chi connectivity index (χ0v) is 12.1. The van der Waals surface area contributed by atoms with Crippen molar-refractivity contribution in [3.63, 3.8) is 0 Å². The minimum atomic E-state index is -0.680. The van der Waals surface area contributed by atoms with Gasteiger partial charge in [-0.3, -0.25) is 4.90 Å². The van der Waals surface area contributed by atoms with Crippen LogP contribution in [0.15, 0.2) is 24.3 Å². The quantitative estimate of drug-likeness (QED) is 0.915. The van der Waals surface area contributed by atoms with Crippen molar-refractivity contribution in [1.82, 2.24) is 4.90 Å². The van der Waals surface area contributed by atoms with Gasteiger partial charge in [-0.05, 0) is 56.7 Å². The van der Waals surface area contributed by atoms with E-state index in [4.69, 9.17) is 4.74 Å². The number of hydrogen-bond acceptors (Lipinski definition) is 3. The van der Waals surface area contributed by atoms with Crippen molar-refractivity contribution in [3.8, 4) is 5.75 Å². The standard InChI is InChI=1S/C17H23NO2/c1-12-10-17(19,11-18(12)14-4-5-14)13-2-6-15(7-3-13)20-16-8-9-16/h2-3,6-7,12,14,16,19H,4-5,8-11H2,1H3. The third-order valence-electron chi connectivity index (χ3n) is 4.88. The predicted octanol–water partition coefficient (Wildman–Crippen LogP) is 2.67. The highest BCUT2D eigenvalue weighted by Crippen LogP contribution is 2.42. The van der Waals surface area contributed by atoms with E-state index in [0.29, 0.717) is 12.1 Å². The molecule has 3 heteroatoms. The fourth-order valence-electron chi connectivity index (χ4n) is 3.45. The Morgan fingerprint density at radius 2 is 1.85 bits per heavy atom. The molecule has 0 radical (unpaired) electrons. The molecule has 2 saturated carbocycles. The van der Waals surface area contributed by atoms with E-state index in [0.717, 1.165) is 30.3 Å². The Morgan fingerprint density at radius 3 is 2.45 bits per heavy atom. The normalized spacial score (nSPS) is 34.4. The van der Waals surface area contributed by atoms with Crippen LogP contribution in [0, 0.1) is 0 Å². The summed E-state index contributed by atoms with van der Waals surface area (Å²) in [5, 5.41) is 11.0. The fourth-order valence-corrected chi connectivity index (χ4v) is 3.45. The molecule has 1 saturated heterocycles. The van der Waals surface area contributed by atoms with Gasteiger partial charge in [-0.15, -0.1) is 0 Å². The lowest BCUT2D eigenvalue weighted by Crippen LogP contribution is -2.33. The summed E-state index contributed by atoms with van der Waals surface area (Å²) in [5.74, 6) is 0.935. The smallest absolute Gasteiger partial charge is 0.119 e. The number of hydrogen-bond donors (Lipinski definition) is 1. The van der Waals surface area contributed by atoms with Gasteiger partial charge in [0, 0.05) is 18.6 Å². The minimum absolute atomic E-state index is 0.431. The summed E-state index contributed by atoms with van der Waals surface area (Å²) in [7, 11) is 0. The number of β-amino-alcohol motifs (C(OH)–C–C–N with tert-alkyl or cyclic N) is 1. The van der Waals surface area contributed by atoms with E-state index >= 15 is 0 Å². The van der Waals surface area contributed by atoms with Gasteiger partial charge in [-0.2, -0.15) is 0 Å². The van der Waals surface area contributed by atoms with Crippen LogP contribution in [0.2, 0.25) is 0 Å². The maximum absolute atomic E-state index is 11.0. The Hall–Kier alpha value is -1.06. The van der Waals surface area contributed by atoms with Crippen molar-refractivity contribution < 1.29 is 9.84 Å². The van der Waals surface area contributed by atoms with Crippen LogP contribution in [-0.4, -0.2) is 34.7 Å². The second-order valence-corrected chi connectivity index (χ2v) is 6.83. The summed E-state index contributed by atoms with van der Waals surface area (Å²) in [6, 6.07) is 9.31. The van der Waals surface area contributed by atoms with Crippen molar-refractivity contribution in [1.29, 1.82) is 0 Å². The minimum Gasteiger partial charge on any atom is -0.490 e. The molecule has 1 heterocycles. The first-order valence-electron chi connectivity index (χ1n) is 7.89. The van der Waals surface area contributed by atoms with Gasteiger partial charge in [-0.25, -0.2) is 0 Å². The second-order valence-electron chi connectivity index (χ2n) is 6.83. The fraction of sp³-hybridized carbons (Fsp3) is 0.647. The molecule has 0 aromatic heterocycles. The van der Waals surface area contributed by atoms with Gasteiger partial charge in [0.05, 0.1) is 6.10 Å². The third-order valence-corrected chi connectivity index (χ3v) is 4.88. The van der Waals surface area contributed by atoms with Crippen molar-refractivity contribution in [3.05, 3.63) is 29.8 Å². The molecule has 0 bridgehead atoms. The first kappa shape index (κ1) is 12.7. The van der Waals surface area contributed by atoms with Crippen LogP contribution in [0.1, 0.15) is 44.6 Å². The molecule has 1 aliphatic heterocycles. The Balaban J connectivity index is 1.50. The number of likely N-dealkylation sites (tertiary alicyclic amines) is 1. The van der Waals surface area contributed by atoms with Gasteiger partial charge in [-0.1, -0.05) is 12.1 Å². The number of benzene rings is 1. The molecular formula is C17H23NO2. The molecule has 108 valence electrons. The summed E-state index contributed by atoms with van der Waals surface area (Å²) in [4.78, 5) is 2.48. The average molecular weight is 273 g/mol. The molecular weight excluding hydrogens is 250 g/mol. The van der Waals surface area contributed by atoms with Crippen molar-refractivity contribution >= 4 is 0 Å². The molecule has 2 aliphatic carbocycles. The first-order chi connectivity index (χ1) is 9.64. The van der Waals surface area contributed by atoms with Crippen LogP contribution < -0.4 is 4.74 Å². The molecule has 3 fully saturated rings. The highest BCUT2D eigenvalue weighted by atomic mass is 16.5. The number of nitrogens with zero attached hydrogens (tertiary/aromatic N) is 1. The average Bonchev–Trinajstić information content (AvgIpc) is 3.32. The van der Waals surface area contributed by atoms with Crippen molar-refractivity contribution in [2.45, 2.75) is 62.8 Å². The van der Waals surface area contributed by atoms with E-state index in [-0.39, 0.29) is 0 Å². The zero-order valence-electron chi connectivity index (χ0n) is 12.1. The van der Waals surface area contributed by atoms with Gasteiger partial charge in [0.1, 0.15) is 11.4 Å². The highest BCUT2D eigenvalue weighted by Gasteiger charge is 2.46. The lowest BCUT2D eigenvalue weighted by Gasteiger charge is -2.24. The van der Waals surface area contributed by atoms with E-state index in [1.165, 1.54) is 25.7 Å². The maximum atomic E-state index is 11.0. The Bertz CT molecular complexity index is 492. The topological polar surface area (TPSA) is 32.7 Å². The number of aliphatic hydroxyl groups is 1. The third kappa shape index (κ3) is 2.33. The first-order valence-corrected chi connectivity index (χ1v) is 7.89. The van der Waals surface area contributed by atoms with Crippen LogP contribution in [0.25, 0.3) is 0 Å². The molecule has 3 nitrogen and oxygen atoms in total. The van der Waals surface area contributed by atoms with Gasteiger partial charge in [0.25, 0.3) is 0 Å². The highest BCUT2D eigenvalue weighted by molar-refractivity contribution is 5.32. The van der Waals surface area contributed by atoms with E-state index < -0.39 is 5.60 Å². The van der Waals surface area contributed by atoms with Gasteiger partial charge in [0.2, 0.25) is 0 Å². The number of ether oxygens (including phenoxy) is 1. The van der Waals surface area contributed by atoms with Crippen LogP contribution in [0.5, 0.6) is 5.75 Å². The summed E-state index contributed by atoms with van der Waals surface area (Å²) in [5.41, 5.74) is 0.357. The summed E-state index contributed by atoms with van der Waals surface area (Å²) in [6.07, 6.45) is 6.23. The van der Waals surface area contributed by atoms with Crippen molar-refractivity contribution in [2.75, 3.05) is 6.54 Å². The molecule has 1 aromatic carbocycles. The molecule has 1 N–H and O–H groups in total. The van der Waals surface area contributed by atoms with E-state index in [1.807, 2.05) is 24.3 Å². The van der Waals surface area contributed by atoms with Gasteiger partial charge >= 0.3 is 0 Å². The SMILES string of the molecule is CC1CC(O)(c2ccc(OC3CC3)cc2)CN1C1CC1. The van der Waals surface area contributed by atoms with Gasteiger partial charge < -0.3 is 9.84 Å². The molecule has 4 rings (SSSR count). The van der Waals surface area contributed by atoms with Crippen LogP contribution in [0.4, 0.5) is 0 Å². The van der Waals surface area contributed by atoms with E-state index in [1.54, 1.807) is 0 Å². The Labute approximate surface area is 120 Å². The van der Waals surface area contributed by atoms with Crippen LogP contribution in [-0.2, 0) is 5.60 Å². The molecule has 0 amide bonds. The Morgan fingerprint density at radius 1 is 1.15 bits per heavy atom. The molecule has 1 aromatic rings. The largest absolute Gasteiger partial charge is 0.490 e. The maximum Gasteiger partial charge on any atom is 0.119 e. The van der Waals surface area contributed by atoms with Gasteiger partial charge in [0.15, 0.2) is 0 Å². The molecule has 0 spiro atoms. The zero-order chi connectivity index (χ0) is 13.7. The molecule has 2 unspecified atom stereocenters.